The van der Waals surface area contributed by atoms with Gasteiger partial charge in [0.2, 0.25) is 0 Å². The molecule has 1 aromatic heterocycles. The Morgan fingerprint density at radius 2 is 2.04 bits per heavy atom. The molecule has 0 radical (unpaired) electrons. The van der Waals surface area contributed by atoms with Crippen molar-refractivity contribution in [1.29, 1.82) is 0 Å². The minimum Gasteiger partial charge on any atom is -0.444 e. The summed E-state index contributed by atoms with van der Waals surface area (Å²) in [4.78, 5) is 25.6. The van der Waals surface area contributed by atoms with Crippen molar-refractivity contribution in [3.8, 4) is 0 Å². The fraction of sp³-hybridized carbons (Fsp3) is 0.467. The molecule has 0 fully saturated rings. The summed E-state index contributed by atoms with van der Waals surface area (Å²) < 4.78 is 5.10. The van der Waals surface area contributed by atoms with Crippen LogP contribution in [0.4, 0.5) is 16.3 Å². The van der Waals surface area contributed by atoms with Crippen LogP contribution in [0.5, 0.6) is 0 Å². The highest BCUT2D eigenvalue weighted by molar-refractivity contribution is 5.67. The molecule has 0 spiro atoms. The zero-order valence-corrected chi connectivity index (χ0v) is 13.8. The van der Waals surface area contributed by atoms with Crippen molar-refractivity contribution in [3.05, 3.63) is 40.1 Å². The first-order chi connectivity index (χ1) is 10.7. The monoisotopic (exact) mass is 322 g/mol. The largest absolute Gasteiger partial charge is 0.444 e. The number of anilines is 1. The highest BCUT2D eigenvalue weighted by Gasteiger charge is 2.14. The molecule has 0 saturated heterocycles. The first-order valence-electron chi connectivity index (χ1n) is 7.16. The van der Waals surface area contributed by atoms with E-state index in [-0.39, 0.29) is 5.69 Å². The Hall–Kier alpha value is -2.64. The lowest BCUT2D eigenvalue weighted by molar-refractivity contribution is -0.385. The molecule has 2 N–H and O–H groups in total. The summed E-state index contributed by atoms with van der Waals surface area (Å²) in [5.41, 5.74) is 0.138. The van der Waals surface area contributed by atoms with Crippen LogP contribution < -0.4 is 10.6 Å². The summed E-state index contributed by atoms with van der Waals surface area (Å²) in [5, 5.41) is 16.3. The number of amides is 1. The van der Waals surface area contributed by atoms with E-state index < -0.39 is 16.6 Å². The average molecular weight is 322 g/mol. The number of aromatic nitrogens is 1. The number of hydrogen-bond donors (Lipinski definition) is 2. The van der Waals surface area contributed by atoms with E-state index in [0.29, 0.717) is 24.5 Å². The number of pyridine rings is 1. The van der Waals surface area contributed by atoms with Crippen LogP contribution in [0.3, 0.4) is 0 Å². The van der Waals surface area contributed by atoms with Gasteiger partial charge in [-0.15, -0.1) is 0 Å². The van der Waals surface area contributed by atoms with Crippen molar-refractivity contribution in [2.75, 3.05) is 18.4 Å². The van der Waals surface area contributed by atoms with E-state index in [1.165, 1.54) is 12.3 Å². The Labute approximate surface area is 135 Å². The minimum absolute atomic E-state index is 0.0369. The van der Waals surface area contributed by atoms with Crippen LogP contribution in [0.25, 0.3) is 0 Å². The number of carbonyl (C=O) groups is 1. The molecule has 126 valence electrons. The first kappa shape index (κ1) is 18.4. The van der Waals surface area contributed by atoms with Crippen LogP contribution in [0.2, 0.25) is 0 Å². The molecule has 0 aliphatic rings. The van der Waals surface area contributed by atoms with Gasteiger partial charge in [0, 0.05) is 19.2 Å². The van der Waals surface area contributed by atoms with Crippen LogP contribution in [-0.2, 0) is 4.74 Å². The molecule has 0 unspecified atom stereocenters. The third-order valence-corrected chi connectivity index (χ3v) is 2.59. The zero-order valence-electron chi connectivity index (χ0n) is 13.8. The molecule has 1 heterocycles. The van der Waals surface area contributed by atoms with Crippen molar-refractivity contribution in [1.82, 2.24) is 10.3 Å². The number of nitrogens with zero attached hydrogens (tertiary/aromatic N) is 2. The lowest BCUT2D eigenvalue weighted by Gasteiger charge is -2.19. The molecule has 0 aliphatic carbocycles. The van der Waals surface area contributed by atoms with Crippen molar-refractivity contribution < 1.29 is 14.5 Å². The van der Waals surface area contributed by atoms with E-state index in [0.717, 1.165) is 0 Å². The van der Waals surface area contributed by atoms with E-state index in [2.05, 4.69) is 15.6 Å². The van der Waals surface area contributed by atoms with Crippen molar-refractivity contribution in [3.63, 3.8) is 0 Å². The van der Waals surface area contributed by atoms with Gasteiger partial charge < -0.3 is 15.4 Å². The average Bonchev–Trinajstić information content (AvgIpc) is 2.41. The van der Waals surface area contributed by atoms with Crippen LogP contribution >= 0.6 is 0 Å². The molecule has 1 aromatic rings. The van der Waals surface area contributed by atoms with E-state index in [1.54, 1.807) is 33.8 Å². The van der Waals surface area contributed by atoms with Gasteiger partial charge in [-0.25, -0.2) is 9.78 Å². The summed E-state index contributed by atoms with van der Waals surface area (Å²) in [6.45, 7) is 7.98. The smallest absolute Gasteiger partial charge is 0.407 e. The van der Waals surface area contributed by atoms with E-state index in [1.807, 2.05) is 6.08 Å². The molecule has 0 aliphatic heterocycles. The predicted molar refractivity (Wildman–Crippen MR) is 87.5 cm³/mol. The maximum Gasteiger partial charge on any atom is 0.407 e. The lowest BCUT2D eigenvalue weighted by Crippen LogP contribution is -2.32. The molecule has 0 aromatic carbocycles. The van der Waals surface area contributed by atoms with Crippen LogP contribution in [-0.4, -0.2) is 34.7 Å². The fourth-order valence-corrected chi connectivity index (χ4v) is 1.62. The van der Waals surface area contributed by atoms with Gasteiger partial charge in [-0.1, -0.05) is 12.2 Å². The van der Waals surface area contributed by atoms with Gasteiger partial charge in [-0.2, -0.15) is 0 Å². The van der Waals surface area contributed by atoms with E-state index >= 15 is 0 Å². The second-order valence-corrected chi connectivity index (χ2v) is 5.85. The number of nitro groups is 1. The molecule has 0 bridgehead atoms. The number of nitrogens with one attached hydrogen (secondary N) is 2. The Balaban J connectivity index is 2.34. The normalized spacial score (nSPS) is 11.3. The molecular weight excluding hydrogens is 300 g/mol. The number of carbonyl (C=O) groups excluding carboxylic acids is 1. The van der Waals surface area contributed by atoms with E-state index in [9.17, 15) is 14.9 Å². The van der Waals surface area contributed by atoms with E-state index in [4.69, 9.17) is 4.74 Å². The molecular formula is C15H22N4O4. The lowest BCUT2D eigenvalue weighted by atomic mass is 10.2. The fourth-order valence-electron chi connectivity index (χ4n) is 1.62. The highest BCUT2D eigenvalue weighted by Crippen LogP contribution is 2.17. The van der Waals surface area contributed by atoms with Gasteiger partial charge in [0.15, 0.2) is 0 Å². The van der Waals surface area contributed by atoms with Gasteiger partial charge in [0.05, 0.1) is 4.92 Å². The molecule has 0 atom stereocenters. The SMILES string of the molecule is Cc1cc([N+](=O)[O-])cnc1NC/C=C/CNC(=O)OC(C)(C)C. The number of aryl methyl sites for hydroxylation is 1. The number of hydrogen-bond acceptors (Lipinski definition) is 6. The number of rotatable bonds is 6. The Kier molecular flexibility index (Phi) is 6.49. The van der Waals surface area contributed by atoms with Crippen molar-refractivity contribution >= 4 is 17.6 Å². The molecule has 8 heteroatoms. The predicted octanol–water partition coefficient (Wildman–Crippen LogP) is 2.79. The third-order valence-electron chi connectivity index (χ3n) is 2.59. The van der Waals surface area contributed by atoms with Crippen molar-refractivity contribution in [2.45, 2.75) is 33.3 Å². The molecule has 1 rings (SSSR count). The van der Waals surface area contributed by atoms with Gasteiger partial charge in [-0.05, 0) is 33.3 Å². The zero-order chi connectivity index (χ0) is 17.5. The third kappa shape index (κ3) is 7.25. The van der Waals surface area contributed by atoms with Gasteiger partial charge in [0.1, 0.15) is 17.6 Å². The highest BCUT2D eigenvalue weighted by atomic mass is 16.6. The number of ether oxygens (including phenoxy) is 1. The Bertz CT molecular complexity index is 594. The topological polar surface area (TPSA) is 106 Å². The Morgan fingerprint density at radius 3 is 2.61 bits per heavy atom. The van der Waals surface area contributed by atoms with Gasteiger partial charge in [-0.3, -0.25) is 10.1 Å². The van der Waals surface area contributed by atoms with Crippen LogP contribution in [0.15, 0.2) is 24.4 Å². The molecule has 1 amide bonds. The van der Waals surface area contributed by atoms with Gasteiger partial charge in [0.25, 0.3) is 5.69 Å². The van der Waals surface area contributed by atoms with Gasteiger partial charge >= 0.3 is 6.09 Å². The second kappa shape index (κ2) is 8.11. The maximum absolute atomic E-state index is 11.4. The number of alkyl carbamates (subject to hydrolysis) is 1. The summed E-state index contributed by atoms with van der Waals surface area (Å²) in [7, 11) is 0. The standard InChI is InChI=1S/C15H22N4O4/c1-11-9-12(19(21)22)10-18-13(11)16-7-5-6-8-17-14(20)23-15(2,3)4/h5-6,9-10H,7-8H2,1-4H3,(H,16,18)(H,17,20)/b6-5+. The summed E-state index contributed by atoms with van der Waals surface area (Å²) in [5.74, 6) is 0.584. The maximum atomic E-state index is 11.4. The first-order valence-corrected chi connectivity index (χ1v) is 7.16. The molecule has 8 nitrogen and oxygen atoms in total. The molecule has 0 saturated carbocycles. The van der Waals surface area contributed by atoms with Crippen LogP contribution in [0, 0.1) is 17.0 Å². The summed E-state index contributed by atoms with van der Waals surface area (Å²) in [6, 6.07) is 1.46. The second-order valence-electron chi connectivity index (χ2n) is 5.85. The minimum atomic E-state index is -0.519. The summed E-state index contributed by atoms with van der Waals surface area (Å²) >= 11 is 0. The van der Waals surface area contributed by atoms with Crippen LogP contribution in [0.1, 0.15) is 26.3 Å². The quantitative estimate of drug-likeness (QED) is 0.474. The van der Waals surface area contributed by atoms with Crippen molar-refractivity contribution in [2.24, 2.45) is 0 Å². The molecule has 23 heavy (non-hydrogen) atoms. The Morgan fingerprint density at radius 1 is 1.39 bits per heavy atom. The summed E-state index contributed by atoms with van der Waals surface area (Å²) in [6.07, 6.45) is 4.34.